The highest BCUT2D eigenvalue weighted by Gasteiger charge is 2.06. The second-order valence-corrected chi connectivity index (χ2v) is 3.35. The highest BCUT2D eigenvalue weighted by Crippen LogP contribution is 2.24. The molecule has 0 fully saturated rings. The Hall–Kier alpha value is -2.14. The van der Waals surface area contributed by atoms with E-state index in [9.17, 15) is 8.78 Å². The van der Waals surface area contributed by atoms with E-state index in [1.807, 2.05) is 0 Å². The lowest BCUT2D eigenvalue weighted by molar-refractivity contribution is 0.603. The van der Waals surface area contributed by atoms with E-state index >= 15 is 0 Å². The molecule has 0 bridgehead atoms. The van der Waals surface area contributed by atoms with Gasteiger partial charge in [-0.3, -0.25) is 0 Å². The molecule has 0 unspecified atom stereocenters. The normalized spacial score (nSPS) is 9.81. The molecule has 2 aromatic rings. The summed E-state index contributed by atoms with van der Waals surface area (Å²) in [4.78, 5) is 0. The molecule has 0 amide bonds. The smallest absolute Gasteiger partial charge is 0.131 e. The molecule has 0 radical (unpaired) electrons. The summed E-state index contributed by atoms with van der Waals surface area (Å²) in [5.41, 5.74) is 1.44. The fraction of sp³-hybridized carbons (Fsp3) is 0. The maximum absolute atomic E-state index is 13.5. The number of rotatable bonds is 1. The fourth-order valence-electron chi connectivity index (χ4n) is 1.50. The molecule has 78 valence electrons. The van der Waals surface area contributed by atoms with Gasteiger partial charge in [-0.2, -0.15) is 0 Å². The van der Waals surface area contributed by atoms with Gasteiger partial charge in [-0.1, -0.05) is 18.1 Å². The number of benzene rings is 2. The van der Waals surface area contributed by atoms with Gasteiger partial charge >= 0.3 is 0 Å². The molecule has 0 aliphatic heterocycles. The van der Waals surface area contributed by atoms with Crippen molar-refractivity contribution in [1.29, 1.82) is 0 Å². The predicted octanol–water partition coefficient (Wildman–Crippen LogP) is 3.61. The molecule has 0 aromatic heterocycles. The second-order valence-electron chi connectivity index (χ2n) is 3.35. The molecule has 0 aliphatic carbocycles. The van der Waals surface area contributed by atoms with Crippen molar-refractivity contribution in [2.45, 2.75) is 0 Å². The Morgan fingerprint density at radius 2 is 1.81 bits per heavy atom. The lowest BCUT2D eigenvalue weighted by Crippen LogP contribution is -1.87. The van der Waals surface area contributed by atoms with Crippen LogP contribution >= 0.6 is 0 Å². The number of hydrogen-bond acceptors (Lipinski definition) is 0. The molecule has 0 heterocycles. The molecule has 0 saturated heterocycles. The molecule has 0 saturated carbocycles. The molecule has 2 aromatic carbocycles. The SMILES string of the molecule is C#Cc1cccc(-c2cc(F)ccc2F)c1. The maximum atomic E-state index is 13.5. The van der Waals surface area contributed by atoms with Gasteiger partial charge < -0.3 is 0 Å². The summed E-state index contributed by atoms with van der Waals surface area (Å²) in [6.45, 7) is 0. The molecule has 0 nitrogen and oxygen atoms in total. The second kappa shape index (κ2) is 4.16. The van der Waals surface area contributed by atoms with Crippen LogP contribution in [0.1, 0.15) is 5.56 Å². The Balaban J connectivity index is 2.58. The van der Waals surface area contributed by atoms with Crippen molar-refractivity contribution in [2.24, 2.45) is 0 Å². The highest BCUT2D eigenvalue weighted by molar-refractivity contribution is 5.66. The molecule has 16 heavy (non-hydrogen) atoms. The summed E-state index contributed by atoms with van der Waals surface area (Å²) < 4.78 is 26.5. The standard InChI is InChI=1S/C14H8F2/c1-2-10-4-3-5-11(8-10)13-9-12(15)6-7-14(13)16/h1,3-9H. The van der Waals surface area contributed by atoms with Gasteiger partial charge in [-0.15, -0.1) is 6.42 Å². The largest absolute Gasteiger partial charge is 0.207 e. The van der Waals surface area contributed by atoms with Gasteiger partial charge in [0.05, 0.1) is 0 Å². The minimum atomic E-state index is -0.470. The van der Waals surface area contributed by atoms with Crippen molar-refractivity contribution in [1.82, 2.24) is 0 Å². The van der Waals surface area contributed by atoms with Gasteiger partial charge in [-0.25, -0.2) is 8.78 Å². The Kier molecular flexibility index (Phi) is 2.70. The lowest BCUT2D eigenvalue weighted by atomic mass is 10.0. The van der Waals surface area contributed by atoms with Crippen LogP contribution in [0.5, 0.6) is 0 Å². The molecule has 0 aliphatic rings. The van der Waals surface area contributed by atoms with Crippen LogP contribution in [0.15, 0.2) is 42.5 Å². The molecular weight excluding hydrogens is 206 g/mol. The van der Waals surface area contributed by atoms with Crippen molar-refractivity contribution in [2.75, 3.05) is 0 Å². The average Bonchev–Trinajstić information content (AvgIpc) is 2.32. The van der Waals surface area contributed by atoms with Gasteiger partial charge in [0.1, 0.15) is 11.6 Å². The molecule has 0 atom stereocenters. The Bertz CT molecular complexity index is 565. The van der Waals surface area contributed by atoms with Crippen LogP contribution in [0.4, 0.5) is 8.78 Å². The first-order valence-electron chi connectivity index (χ1n) is 4.73. The summed E-state index contributed by atoms with van der Waals surface area (Å²) in [5, 5.41) is 0. The molecule has 0 N–H and O–H groups in total. The number of halogens is 2. The zero-order valence-corrected chi connectivity index (χ0v) is 8.37. The maximum Gasteiger partial charge on any atom is 0.131 e. The van der Waals surface area contributed by atoms with Crippen molar-refractivity contribution in [3.05, 3.63) is 59.7 Å². The van der Waals surface area contributed by atoms with Crippen molar-refractivity contribution in [3.8, 4) is 23.5 Å². The molecule has 2 rings (SSSR count). The van der Waals surface area contributed by atoms with Crippen molar-refractivity contribution < 1.29 is 8.78 Å². The topological polar surface area (TPSA) is 0 Å². The van der Waals surface area contributed by atoms with Crippen LogP contribution in [-0.2, 0) is 0 Å². The van der Waals surface area contributed by atoms with E-state index in [1.54, 1.807) is 24.3 Å². The van der Waals surface area contributed by atoms with Crippen LogP contribution < -0.4 is 0 Å². The van der Waals surface area contributed by atoms with Gasteiger partial charge in [0.25, 0.3) is 0 Å². The van der Waals surface area contributed by atoms with E-state index in [-0.39, 0.29) is 5.56 Å². The fourth-order valence-corrected chi connectivity index (χ4v) is 1.50. The van der Waals surface area contributed by atoms with Crippen molar-refractivity contribution >= 4 is 0 Å². The summed E-state index contributed by atoms with van der Waals surface area (Å²) in [6, 6.07) is 10.1. The monoisotopic (exact) mass is 214 g/mol. The first kappa shape index (κ1) is 10.4. The van der Waals surface area contributed by atoms with E-state index in [4.69, 9.17) is 6.42 Å². The Labute approximate surface area is 92.5 Å². The Morgan fingerprint density at radius 1 is 1.00 bits per heavy atom. The van der Waals surface area contributed by atoms with Gasteiger partial charge in [0.2, 0.25) is 0 Å². The number of hydrogen-bond donors (Lipinski definition) is 0. The van der Waals surface area contributed by atoms with E-state index in [2.05, 4.69) is 5.92 Å². The minimum absolute atomic E-state index is 0.220. The first-order chi connectivity index (χ1) is 7.70. The predicted molar refractivity (Wildman–Crippen MR) is 59.7 cm³/mol. The Morgan fingerprint density at radius 3 is 2.56 bits per heavy atom. The summed E-state index contributed by atoms with van der Waals surface area (Å²) in [6.07, 6.45) is 5.25. The third-order valence-corrected chi connectivity index (χ3v) is 2.27. The van der Waals surface area contributed by atoms with Gasteiger partial charge in [0, 0.05) is 11.1 Å². The molecular formula is C14H8F2. The quantitative estimate of drug-likeness (QED) is 0.636. The summed E-state index contributed by atoms with van der Waals surface area (Å²) in [5.74, 6) is 1.52. The van der Waals surface area contributed by atoms with Crippen LogP contribution in [0, 0.1) is 24.0 Å². The van der Waals surface area contributed by atoms with Crippen LogP contribution in [-0.4, -0.2) is 0 Å². The summed E-state index contributed by atoms with van der Waals surface area (Å²) in [7, 11) is 0. The first-order valence-corrected chi connectivity index (χ1v) is 4.73. The minimum Gasteiger partial charge on any atom is -0.207 e. The van der Waals surface area contributed by atoms with E-state index in [0.29, 0.717) is 11.1 Å². The average molecular weight is 214 g/mol. The molecule has 0 spiro atoms. The van der Waals surface area contributed by atoms with Crippen LogP contribution in [0.2, 0.25) is 0 Å². The van der Waals surface area contributed by atoms with E-state index in [0.717, 1.165) is 18.2 Å². The van der Waals surface area contributed by atoms with Gasteiger partial charge in [0.15, 0.2) is 0 Å². The van der Waals surface area contributed by atoms with E-state index < -0.39 is 11.6 Å². The zero-order chi connectivity index (χ0) is 11.5. The van der Waals surface area contributed by atoms with Crippen molar-refractivity contribution in [3.63, 3.8) is 0 Å². The lowest BCUT2D eigenvalue weighted by Gasteiger charge is -2.04. The third kappa shape index (κ3) is 1.94. The van der Waals surface area contributed by atoms with E-state index in [1.165, 1.54) is 0 Å². The van der Waals surface area contributed by atoms with Crippen LogP contribution in [0.25, 0.3) is 11.1 Å². The molecule has 2 heteroatoms. The highest BCUT2D eigenvalue weighted by atomic mass is 19.1. The third-order valence-electron chi connectivity index (χ3n) is 2.27. The zero-order valence-electron chi connectivity index (χ0n) is 8.37. The number of terminal acetylenes is 1. The van der Waals surface area contributed by atoms with Gasteiger partial charge in [-0.05, 0) is 35.9 Å². The van der Waals surface area contributed by atoms with Crippen LogP contribution in [0.3, 0.4) is 0 Å². The summed E-state index contributed by atoms with van der Waals surface area (Å²) >= 11 is 0.